The van der Waals surface area contributed by atoms with Crippen LogP contribution < -0.4 is 9.47 Å². The standard InChI is InChI=1S/C84H50O2/c1-2-24-51(25-3-1)78-56-26-4-6-28-58(56)81(59-29-7-5-27-57(59)78)82-60-34-20-32-52(54-36-22-44-72-79(54)62-30-8-10-38-66(62)83(72)68-40-12-16-46-74(68)85-75-47-17-13-41-69(75)83)64(60)50-65-53(33-21-35-61(65)82)55-37-23-45-73-80(55)63-31-9-11-39-67(63)84(73)70-42-14-18-48-76(70)86-77-49-19-15-43-71(77)84/h1-50H. The van der Waals surface area contributed by atoms with E-state index in [2.05, 4.69) is 303 Å². The highest BCUT2D eigenvalue weighted by molar-refractivity contribution is 6.29. The first-order valence-corrected chi connectivity index (χ1v) is 29.9. The van der Waals surface area contributed by atoms with Gasteiger partial charge in [-0.25, -0.2) is 0 Å². The van der Waals surface area contributed by atoms with Crippen LogP contribution in [-0.2, 0) is 10.8 Å². The van der Waals surface area contributed by atoms with Gasteiger partial charge in [0.15, 0.2) is 0 Å². The number of rotatable bonds is 4. The fourth-order valence-corrected chi connectivity index (χ4v) is 16.5. The highest BCUT2D eigenvalue weighted by Crippen LogP contribution is 2.66. The van der Waals surface area contributed by atoms with Gasteiger partial charge in [0.05, 0.1) is 10.8 Å². The summed E-state index contributed by atoms with van der Waals surface area (Å²) in [5.74, 6) is 3.54. The van der Waals surface area contributed by atoms with Gasteiger partial charge >= 0.3 is 0 Å². The first kappa shape index (κ1) is 47.4. The molecule has 0 N–H and O–H groups in total. The largest absolute Gasteiger partial charge is 0.457 e. The van der Waals surface area contributed by atoms with Crippen LogP contribution in [0, 0.1) is 0 Å². The Balaban J connectivity index is 0.957. The lowest BCUT2D eigenvalue weighted by atomic mass is 9.66. The van der Waals surface area contributed by atoms with Crippen molar-refractivity contribution in [3.63, 3.8) is 0 Å². The van der Waals surface area contributed by atoms with Crippen molar-refractivity contribution in [2.24, 2.45) is 0 Å². The van der Waals surface area contributed by atoms with Gasteiger partial charge < -0.3 is 9.47 Å². The molecule has 19 rings (SSSR count). The zero-order valence-electron chi connectivity index (χ0n) is 46.7. The maximum atomic E-state index is 6.81. The molecule has 2 heterocycles. The second kappa shape index (κ2) is 17.7. The molecule has 2 spiro atoms. The fraction of sp³-hybridized carbons (Fsp3) is 0.0238. The number of hydrogen-bond donors (Lipinski definition) is 0. The predicted octanol–water partition coefficient (Wildman–Crippen LogP) is 21.9. The van der Waals surface area contributed by atoms with Crippen molar-refractivity contribution < 1.29 is 9.47 Å². The first-order chi connectivity index (χ1) is 42.7. The third-order valence-electron chi connectivity index (χ3n) is 19.6. The molecule has 0 bridgehead atoms. The molecule has 2 aliphatic heterocycles. The van der Waals surface area contributed by atoms with Crippen molar-refractivity contribution in [2.75, 3.05) is 0 Å². The Morgan fingerprint density at radius 1 is 0.174 bits per heavy atom. The summed E-state index contributed by atoms with van der Waals surface area (Å²) in [4.78, 5) is 0. The molecule has 0 unspecified atom stereocenters. The van der Waals surface area contributed by atoms with Crippen molar-refractivity contribution in [2.45, 2.75) is 10.8 Å². The Morgan fingerprint density at radius 2 is 0.453 bits per heavy atom. The maximum absolute atomic E-state index is 6.81. The molecule has 2 heteroatoms. The van der Waals surface area contributed by atoms with Crippen LogP contribution in [0.2, 0.25) is 0 Å². The van der Waals surface area contributed by atoms with E-state index in [9.17, 15) is 0 Å². The second-order valence-corrected chi connectivity index (χ2v) is 23.5. The zero-order chi connectivity index (χ0) is 56.2. The first-order valence-electron chi connectivity index (χ1n) is 29.9. The van der Waals surface area contributed by atoms with Gasteiger partial charge in [0.25, 0.3) is 0 Å². The van der Waals surface area contributed by atoms with Crippen molar-refractivity contribution in [1.29, 1.82) is 0 Å². The molecule has 0 radical (unpaired) electrons. The Morgan fingerprint density at radius 3 is 0.872 bits per heavy atom. The van der Waals surface area contributed by atoms with E-state index < -0.39 is 10.8 Å². The number of para-hydroxylation sites is 4. The molecule has 4 aliphatic rings. The normalized spacial score (nSPS) is 14.0. The number of benzene rings is 15. The van der Waals surface area contributed by atoms with Crippen LogP contribution in [0.15, 0.2) is 303 Å². The van der Waals surface area contributed by atoms with Crippen molar-refractivity contribution >= 4 is 43.1 Å². The summed E-state index contributed by atoms with van der Waals surface area (Å²) in [6, 6.07) is 113. The number of fused-ring (bicyclic) bond motifs is 22. The highest BCUT2D eigenvalue weighted by atomic mass is 16.5. The molecule has 2 aliphatic carbocycles. The Labute approximate surface area is 498 Å². The monoisotopic (exact) mass is 1090 g/mol. The molecule has 0 amide bonds. The lowest BCUT2D eigenvalue weighted by Gasteiger charge is -2.39. The van der Waals surface area contributed by atoms with E-state index in [0.29, 0.717) is 0 Å². The van der Waals surface area contributed by atoms with Crippen LogP contribution in [0.5, 0.6) is 23.0 Å². The average Bonchev–Trinajstić information content (AvgIpc) is 1.71. The summed E-state index contributed by atoms with van der Waals surface area (Å²) in [5, 5.41) is 9.68. The van der Waals surface area contributed by atoms with E-state index >= 15 is 0 Å². The summed E-state index contributed by atoms with van der Waals surface area (Å²) in [7, 11) is 0. The van der Waals surface area contributed by atoms with E-state index in [1.807, 2.05) is 0 Å². The summed E-state index contributed by atoms with van der Waals surface area (Å²) >= 11 is 0. The smallest absolute Gasteiger partial charge is 0.132 e. The minimum atomic E-state index is -0.617. The minimum Gasteiger partial charge on any atom is -0.457 e. The van der Waals surface area contributed by atoms with Gasteiger partial charge in [-0.15, -0.1) is 0 Å². The van der Waals surface area contributed by atoms with Crippen molar-refractivity contribution in [3.8, 4) is 89.8 Å². The molecule has 15 aromatic carbocycles. The lowest BCUT2D eigenvalue weighted by molar-refractivity contribution is 0.436. The van der Waals surface area contributed by atoms with Crippen LogP contribution >= 0.6 is 0 Å². The molecule has 15 aromatic rings. The topological polar surface area (TPSA) is 18.5 Å². The molecule has 0 aromatic heterocycles. The van der Waals surface area contributed by atoms with Crippen molar-refractivity contribution in [1.82, 2.24) is 0 Å². The summed E-state index contributed by atoms with van der Waals surface area (Å²) in [6.07, 6.45) is 0. The van der Waals surface area contributed by atoms with E-state index in [1.165, 1.54) is 132 Å². The molecule has 0 atom stereocenters. The van der Waals surface area contributed by atoms with Crippen LogP contribution in [0.1, 0.15) is 44.5 Å². The minimum absolute atomic E-state index is 0.617. The van der Waals surface area contributed by atoms with Crippen LogP contribution in [0.4, 0.5) is 0 Å². The molecule has 0 saturated carbocycles. The van der Waals surface area contributed by atoms with Crippen LogP contribution in [-0.4, -0.2) is 0 Å². The highest BCUT2D eigenvalue weighted by Gasteiger charge is 2.53. The van der Waals surface area contributed by atoms with E-state index in [1.54, 1.807) is 0 Å². The SMILES string of the molecule is c1ccc(-c2c3ccccc3c(-c3c4cccc(-c5cccc6c5-c5ccccc5C65c6ccccc6Oc6ccccc65)c4cc4c(-c5cccc6c5-c5ccccc5C65c6ccccc6Oc6ccccc65)cccc34)c3ccccc23)cc1. The van der Waals surface area contributed by atoms with E-state index in [0.717, 1.165) is 45.3 Å². The molecule has 398 valence electrons. The van der Waals surface area contributed by atoms with Crippen LogP contribution in [0.3, 0.4) is 0 Å². The Kier molecular flexibility index (Phi) is 9.78. The van der Waals surface area contributed by atoms with E-state index in [4.69, 9.17) is 9.47 Å². The summed E-state index contributed by atoms with van der Waals surface area (Å²) in [5.41, 5.74) is 23.1. The second-order valence-electron chi connectivity index (χ2n) is 23.5. The third-order valence-corrected chi connectivity index (χ3v) is 19.6. The fourth-order valence-electron chi connectivity index (χ4n) is 16.5. The molecule has 0 fully saturated rings. The molecular formula is C84H50O2. The van der Waals surface area contributed by atoms with Gasteiger partial charge in [0, 0.05) is 22.3 Å². The quantitative estimate of drug-likeness (QED) is 0.164. The Hall–Kier alpha value is -11.1. The van der Waals surface area contributed by atoms with Gasteiger partial charge in [-0.05, 0) is 162 Å². The summed E-state index contributed by atoms with van der Waals surface area (Å²) in [6.45, 7) is 0. The van der Waals surface area contributed by atoms with Gasteiger partial charge in [0.1, 0.15) is 23.0 Å². The van der Waals surface area contributed by atoms with Gasteiger partial charge in [-0.1, -0.05) is 273 Å². The Bertz CT molecular complexity index is 5030. The van der Waals surface area contributed by atoms with Gasteiger partial charge in [0.2, 0.25) is 0 Å². The van der Waals surface area contributed by atoms with Gasteiger partial charge in [-0.3, -0.25) is 0 Å². The molecule has 86 heavy (non-hydrogen) atoms. The number of hydrogen-bond acceptors (Lipinski definition) is 2. The lowest BCUT2D eigenvalue weighted by Crippen LogP contribution is -2.32. The predicted molar refractivity (Wildman–Crippen MR) is 353 cm³/mol. The van der Waals surface area contributed by atoms with E-state index in [-0.39, 0.29) is 0 Å². The third kappa shape index (κ3) is 6.09. The summed E-state index contributed by atoms with van der Waals surface area (Å²) < 4.78 is 13.6. The molecule has 0 saturated heterocycles. The molecule has 2 nitrogen and oxygen atoms in total. The average molecular weight is 1090 g/mol. The molecular weight excluding hydrogens is 1040 g/mol. The van der Waals surface area contributed by atoms with Crippen molar-refractivity contribution in [3.05, 3.63) is 348 Å². The van der Waals surface area contributed by atoms with Gasteiger partial charge in [-0.2, -0.15) is 0 Å². The number of ether oxygens (including phenoxy) is 2. The van der Waals surface area contributed by atoms with Crippen LogP contribution in [0.25, 0.3) is 110 Å². The maximum Gasteiger partial charge on any atom is 0.132 e. The zero-order valence-corrected chi connectivity index (χ0v) is 46.7.